The molecular weight excluding hydrogens is 337 g/mol. The molecule has 128 valence electrons. The molecule has 1 aromatic carbocycles. The number of amides is 2. The number of benzene rings is 1. The van der Waals surface area contributed by atoms with Gasteiger partial charge in [-0.25, -0.2) is 19.0 Å². The lowest BCUT2D eigenvalue weighted by molar-refractivity contribution is 0.0691. The van der Waals surface area contributed by atoms with Gasteiger partial charge < -0.3 is 20.1 Å². The first kappa shape index (κ1) is 17.8. The Morgan fingerprint density at radius 1 is 1.42 bits per heavy atom. The van der Waals surface area contributed by atoms with Crippen LogP contribution in [-0.2, 0) is 11.3 Å². The highest BCUT2D eigenvalue weighted by molar-refractivity contribution is 7.09. The number of thiazole rings is 1. The molecule has 0 bridgehead atoms. The first-order valence-corrected chi connectivity index (χ1v) is 7.86. The van der Waals surface area contributed by atoms with Gasteiger partial charge in [0.05, 0.1) is 18.8 Å². The topological polar surface area (TPSA) is 91.8 Å². The number of para-hydroxylation sites is 1. The average molecular weight is 353 g/mol. The number of aromatic nitrogens is 1. The van der Waals surface area contributed by atoms with Crippen molar-refractivity contribution in [2.75, 3.05) is 25.6 Å². The van der Waals surface area contributed by atoms with Crippen LogP contribution in [0.4, 0.5) is 14.9 Å². The Labute approximate surface area is 141 Å². The third-order valence-corrected chi connectivity index (χ3v) is 3.90. The van der Waals surface area contributed by atoms with Crippen LogP contribution in [0.15, 0.2) is 29.6 Å². The number of carboxylic acid groups (broad SMARTS) is 1. The van der Waals surface area contributed by atoms with Gasteiger partial charge in [-0.2, -0.15) is 0 Å². The molecule has 0 saturated carbocycles. The lowest BCUT2D eigenvalue weighted by Crippen LogP contribution is -2.37. The van der Waals surface area contributed by atoms with Crippen molar-refractivity contribution in [3.63, 3.8) is 0 Å². The number of rotatable bonds is 7. The van der Waals surface area contributed by atoms with Gasteiger partial charge in [0.1, 0.15) is 10.8 Å². The number of carbonyl (C=O) groups is 2. The van der Waals surface area contributed by atoms with Crippen molar-refractivity contribution in [3.8, 4) is 0 Å². The highest BCUT2D eigenvalue weighted by Gasteiger charge is 2.18. The van der Waals surface area contributed by atoms with Crippen molar-refractivity contribution in [1.29, 1.82) is 0 Å². The van der Waals surface area contributed by atoms with E-state index >= 15 is 0 Å². The molecule has 0 fully saturated rings. The molecule has 2 aromatic rings. The predicted octanol–water partition coefficient (Wildman–Crippen LogP) is 2.66. The third kappa shape index (κ3) is 4.74. The first-order chi connectivity index (χ1) is 11.5. The Hall–Kier alpha value is -2.52. The minimum atomic E-state index is -1.13. The number of hydrogen-bond donors (Lipinski definition) is 2. The van der Waals surface area contributed by atoms with Crippen LogP contribution in [-0.4, -0.2) is 47.3 Å². The summed E-state index contributed by atoms with van der Waals surface area (Å²) in [7, 11) is 1.50. The summed E-state index contributed by atoms with van der Waals surface area (Å²) in [4.78, 5) is 28.6. The minimum Gasteiger partial charge on any atom is -0.476 e. The van der Waals surface area contributed by atoms with Gasteiger partial charge in [0, 0.05) is 19.0 Å². The molecule has 1 heterocycles. The van der Waals surface area contributed by atoms with Gasteiger partial charge in [-0.3, -0.25) is 0 Å². The van der Waals surface area contributed by atoms with Gasteiger partial charge in [-0.15, -0.1) is 11.3 Å². The molecule has 0 spiro atoms. The summed E-state index contributed by atoms with van der Waals surface area (Å²) in [5.74, 6) is -1.67. The zero-order valence-corrected chi connectivity index (χ0v) is 13.7. The van der Waals surface area contributed by atoms with Crippen molar-refractivity contribution < 1.29 is 23.8 Å². The fraction of sp³-hybridized carbons (Fsp3) is 0.267. The zero-order valence-electron chi connectivity index (χ0n) is 12.9. The van der Waals surface area contributed by atoms with Crippen LogP contribution in [0, 0.1) is 5.82 Å². The molecule has 24 heavy (non-hydrogen) atoms. The van der Waals surface area contributed by atoms with E-state index in [2.05, 4.69) is 10.3 Å². The van der Waals surface area contributed by atoms with Crippen LogP contribution in [0.2, 0.25) is 0 Å². The Bertz CT molecular complexity index is 722. The summed E-state index contributed by atoms with van der Waals surface area (Å²) in [6, 6.07) is 5.31. The quantitative estimate of drug-likeness (QED) is 0.798. The van der Waals surface area contributed by atoms with Gasteiger partial charge in [0.2, 0.25) is 0 Å². The molecular formula is C15H16FN3O4S. The number of aromatic carboxylic acids is 1. The number of nitrogens with one attached hydrogen (secondary N) is 1. The van der Waals surface area contributed by atoms with Crippen molar-refractivity contribution in [2.45, 2.75) is 6.54 Å². The number of nitrogens with zero attached hydrogens (tertiary/aromatic N) is 2. The lowest BCUT2D eigenvalue weighted by Gasteiger charge is -2.22. The minimum absolute atomic E-state index is 0.0651. The second-order valence-corrected chi connectivity index (χ2v) is 5.70. The summed E-state index contributed by atoms with van der Waals surface area (Å²) in [5.41, 5.74) is -0.00789. The lowest BCUT2D eigenvalue weighted by atomic mass is 10.3. The van der Waals surface area contributed by atoms with Gasteiger partial charge in [0.25, 0.3) is 0 Å². The van der Waals surface area contributed by atoms with Crippen LogP contribution in [0.1, 0.15) is 15.5 Å². The number of anilines is 1. The molecule has 0 aliphatic rings. The SMILES string of the molecule is COCCN(Cc1nc(C(=O)O)cs1)C(=O)Nc1ccccc1F. The molecule has 0 radical (unpaired) electrons. The van der Waals surface area contributed by atoms with E-state index < -0.39 is 17.8 Å². The van der Waals surface area contributed by atoms with Crippen LogP contribution in [0.25, 0.3) is 0 Å². The molecule has 0 atom stereocenters. The van der Waals surface area contributed by atoms with Crippen LogP contribution >= 0.6 is 11.3 Å². The maximum absolute atomic E-state index is 13.7. The van der Waals surface area contributed by atoms with Gasteiger partial charge in [0.15, 0.2) is 5.69 Å². The molecule has 0 saturated heterocycles. The van der Waals surface area contributed by atoms with Gasteiger partial charge >= 0.3 is 12.0 Å². The van der Waals surface area contributed by atoms with Crippen LogP contribution in [0.3, 0.4) is 0 Å². The maximum Gasteiger partial charge on any atom is 0.355 e. The summed E-state index contributed by atoms with van der Waals surface area (Å²) in [6.07, 6.45) is 0. The standard InChI is InChI=1S/C15H16FN3O4S/c1-23-7-6-19(8-13-17-12(9-24-13)14(20)21)15(22)18-11-5-3-2-4-10(11)16/h2-5,9H,6-8H2,1H3,(H,18,22)(H,20,21). The molecule has 7 nitrogen and oxygen atoms in total. The number of carbonyl (C=O) groups excluding carboxylic acids is 1. The number of halogens is 1. The van der Waals surface area contributed by atoms with Crippen molar-refractivity contribution in [1.82, 2.24) is 9.88 Å². The van der Waals surface area contributed by atoms with E-state index in [1.54, 1.807) is 6.07 Å². The maximum atomic E-state index is 13.7. The number of methoxy groups -OCH3 is 1. The first-order valence-electron chi connectivity index (χ1n) is 6.98. The summed E-state index contributed by atoms with van der Waals surface area (Å²) in [6.45, 7) is 0.627. The molecule has 2 N–H and O–H groups in total. The number of carboxylic acids is 1. The van der Waals surface area contributed by atoms with E-state index in [0.29, 0.717) is 5.01 Å². The van der Waals surface area contributed by atoms with Crippen molar-refractivity contribution >= 4 is 29.0 Å². The Morgan fingerprint density at radius 2 is 2.17 bits per heavy atom. The van der Waals surface area contributed by atoms with E-state index in [1.165, 1.54) is 35.6 Å². The fourth-order valence-corrected chi connectivity index (χ4v) is 2.64. The Balaban J connectivity index is 2.09. The second-order valence-electron chi connectivity index (χ2n) is 4.76. The summed E-state index contributed by atoms with van der Waals surface area (Å²) < 4.78 is 18.6. The average Bonchev–Trinajstić information content (AvgIpc) is 3.02. The number of ether oxygens (including phenoxy) is 1. The van der Waals surface area contributed by atoms with Crippen LogP contribution < -0.4 is 5.32 Å². The van der Waals surface area contributed by atoms with Crippen LogP contribution in [0.5, 0.6) is 0 Å². The largest absolute Gasteiger partial charge is 0.476 e. The van der Waals surface area contributed by atoms with E-state index in [-0.39, 0.29) is 31.1 Å². The molecule has 2 rings (SSSR count). The van der Waals surface area contributed by atoms with E-state index in [4.69, 9.17) is 9.84 Å². The van der Waals surface area contributed by atoms with E-state index in [9.17, 15) is 14.0 Å². The van der Waals surface area contributed by atoms with Crippen molar-refractivity contribution in [2.24, 2.45) is 0 Å². The molecule has 0 aliphatic carbocycles. The molecule has 0 aliphatic heterocycles. The normalized spacial score (nSPS) is 10.4. The fourth-order valence-electron chi connectivity index (χ4n) is 1.86. The third-order valence-electron chi connectivity index (χ3n) is 3.06. The molecule has 9 heteroatoms. The van der Waals surface area contributed by atoms with E-state index in [1.807, 2.05) is 0 Å². The van der Waals surface area contributed by atoms with Crippen molar-refractivity contribution in [3.05, 3.63) is 46.2 Å². The monoisotopic (exact) mass is 353 g/mol. The van der Waals surface area contributed by atoms with E-state index in [0.717, 1.165) is 11.3 Å². The number of urea groups is 1. The zero-order chi connectivity index (χ0) is 17.5. The molecule has 2 amide bonds. The smallest absolute Gasteiger partial charge is 0.355 e. The van der Waals surface area contributed by atoms with Gasteiger partial charge in [-0.1, -0.05) is 12.1 Å². The highest BCUT2D eigenvalue weighted by atomic mass is 32.1. The van der Waals surface area contributed by atoms with Gasteiger partial charge in [-0.05, 0) is 12.1 Å². The molecule has 1 aromatic heterocycles. The Morgan fingerprint density at radius 3 is 2.79 bits per heavy atom. The Kier molecular flexibility index (Phi) is 6.21. The second kappa shape index (κ2) is 8.37. The highest BCUT2D eigenvalue weighted by Crippen LogP contribution is 2.16. The molecule has 0 unspecified atom stereocenters. The number of hydrogen-bond acceptors (Lipinski definition) is 5. The summed E-state index contributed by atoms with van der Waals surface area (Å²) in [5, 5.41) is 13.3. The predicted molar refractivity (Wildman–Crippen MR) is 86.8 cm³/mol. The summed E-state index contributed by atoms with van der Waals surface area (Å²) >= 11 is 1.14.